The zero-order valence-corrected chi connectivity index (χ0v) is 73.1. The fourth-order valence-corrected chi connectivity index (χ4v) is 8.31. The van der Waals surface area contributed by atoms with Crippen LogP contribution in [0.4, 0.5) is 14.5 Å². The minimum Gasteiger partial charge on any atom is -0.540 e. The quantitative estimate of drug-likeness (QED) is 0.0476. The molecule has 0 aliphatic heterocycles. The van der Waals surface area contributed by atoms with Crippen LogP contribution in [0, 0.1) is 42.0 Å². The number of aryl methyl sites for hydroxylation is 4. The molecule has 4 N–H and O–H groups in total. The smallest absolute Gasteiger partial charge is 0.155 e. The van der Waals surface area contributed by atoms with Crippen molar-refractivity contribution in [2.24, 2.45) is 28.2 Å². The first kappa shape index (κ1) is 101. The summed E-state index contributed by atoms with van der Waals surface area (Å²) in [6.45, 7) is 12.2. The molecule has 0 spiro atoms. The second-order valence-electron chi connectivity index (χ2n) is 22.0. The standard InChI is InChI=1S/C16H13N2.C12H14N3.C11H11N2O.C10H7F2N2.C10H9N2.4C5H8O2.5Ir/c1-3-7-14(8-4-1)13-18-12-11-17-16(18)15-9-5-2-6-10-15;1-14(2)11-6-4-10(5-7-11)12-13-8-9-15(12)3;1-13-8-7-12-11(13)9-3-5-10(14-2)6-4-9;1-14-5-4-13-10(14)8-3-2-7(11)6-9(8)12;1-12-8-7-11-10(12)9-5-3-2-4-6-9;4*1-4(6)3-5(2)7;;;;;/h1-9,11-12H,13H2;4,6-9H,1-3H3;3,5-8H,1-2H3;2,4-6H,1H3;2-5,7-8H,1H3;4*3,6H,1-2H3;;;;;/q5*-1;;;;;;;;;. The van der Waals surface area contributed by atoms with Gasteiger partial charge in [0.15, 0.2) is 23.1 Å². The number of aliphatic hydroxyl groups is 4. The zero-order valence-electron chi connectivity index (χ0n) is 61.1. The van der Waals surface area contributed by atoms with E-state index in [-0.39, 0.29) is 152 Å². The van der Waals surface area contributed by atoms with Gasteiger partial charge >= 0.3 is 0 Å². The molecular formula is C79H86F2Ir5N11O9-5. The van der Waals surface area contributed by atoms with E-state index >= 15 is 0 Å². The summed E-state index contributed by atoms with van der Waals surface area (Å²) >= 11 is 0. The second kappa shape index (κ2) is 55.4. The van der Waals surface area contributed by atoms with Crippen molar-refractivity contribution in [3.05, 3.63) is 284 Å². The number of carbonyl (C=O) groups is 4. The number of nitrogens with zero attached hydrogens (tertiary/aromatic N) is 11. The molecule has 0 unspecified atom stereocenters. The average molecular weight is 2330 g/mol. The molecule has 106 heavy (non-hydrogen) atoms. The van der Waals surface area contributed by atoms with Crippen LogP contribution in [-0.2, 0) is 154 Å². The third-order valence-corrected chi connectivity index (χ3v) is 12.6. The van der Waals surface area contributed by atoms with E-state index in [1.165, 1.54) is 85.3 Å². The van der Waals surface area contributed by atoms with Gasteiger partial charge in [0, 0.05) is 239 Å². The van der Waals surface area contributed by atoms with Crippen LogP contribution in [0.25, 0.3) is 56.9 Å². The summed E-state index contributed by atoms with van der Waals surface area (Å²) in [5.74, 6) is 3.47. The molecule has 6 aromatic carbocycles. The number of methoxy groups -OCH3 is 1. The molecule has 575 valence electrons. The van der Waals surface area contributed by atoms with Crippen molar-refractivity contribution in [3.8, 4) is 62.7 Å². The van der Waals surface area contributed by atoms with Crippen molar-refractivity contribution in [2.75, 3.05) is 26.1 Å². The molecule has 27 heteroatoms. The maximum Gasteiger partial charge on any atom is 0.155 e. The number of allylic oxidation sites excluding steroid dienone is 8. The Morgan fingerprint density at radius 1 is 0.443 bits per heavy atom. The van der Waals surface area contributed by atoms with Gasteiger partial charge in [0.25, 0.3) is 0 Å². The number of hydrogen-bond donors (Lipinski definition) is 4. The Kier molecular flexibility index (Phi) is 52.8. The summed E-state index contributed by atoms with van der Waals surface area (Å²) in [4.78, 5) is 63.2. The fourth-order valence-electron chi connectivity index (χ4n) is 8.31. The summed E-state index contributed by atoms with van der Waals surface area (Å²) in [6.07, 6.45) is 22.9. The Labute approximate surface area is 687 Å². The molecule has 0 fully saturated rings. The first-order valence-corrected chi connectivity index (χ1v) is 31.0. The van der Waals surface area contributed by atoms with Gasteiger partial charge in [-0.1, -0.05) is 42.0 Å². The number of ketones is 4. The molecule has 0 amide bonds. The molecule has 0 saturated carbocycles. The van der Waals surface area contributed by atoms with E-state index in [0.29, 0.717) is 5.82 Å². The molecule has 0 atom stereocenters. The Bertz CT molecular complexity index is 4300. The number of halogens is 2. The molecule has 0 aliphatic rings. The topological polar surface area (TPSA) is 251 Å². The average Bonchev–Trinajstić information content (AvgIpc) is 1.57. The van der Waals surface area contributed by atoms with Crippen molar-refractivity contribution < 1.29 is 154 Å². The molecule has 5 aromatic heterocycles. The first-order valence-electron chi connectivity index (χ1n) is 31.0. The zero-order chi connectivity index (χ0) is 75.0. The Balaban J connectivity index is -0.00000114. The van der Waals surface area contributed by atoms with E-state index < -0.39 is 11.6 Å². The minimum absolute atomic E-state index is 0. The third kappa shape index (κ3) is 40.4. The van der Waals surface area contributed by atoms with Crippen LogP contribution in [0.5, 0.6) is 5.75 Å². The minimum atomic E-state index is -0.653. The molecule has 11 aromatic rings. The van der Waals surface area contributed by atoms with E-state index in [0.717, 1.165) is 75.7 Å². The Hall–Kier alpha value is -9.08. The van der Waals surface area contributed by atoms with E-state index in [9.17, 15) is 28.0 Å². The number of ether oxygens (including phenoxy) is 1. The molecule has 0 saturated heterocycles. The summed E-state index contributed by atoms with van der Waals surface area (Å²) in [5.41, 5.74) is 6.65. The number of hydrogen-bond acceptors (Lipinski definition) is 15. The van der Waals surface area contributed by atoms with E-state index in [2.05, 4.69) is 95.1 Å². The number of benzene rings is 6. The monoisotopic (exact) mass is 2340 g/mol. The summed E-state index contributed by atoms with van der Waals surface area (Å²) in [7, 11) is 13.3. The van der Waals surface area contributed by atoms with Gasteiger partial charge in [0.1, 0.15) is 0 Å². The molecule has 0 aliphatic carbocycles. The van der Waals surface area contributed by atoms with E-state index in [1.807, 2.05) is 165 Å². The second-order valence-corrected chi connectivity index (χ2v) is 22.0. The van der Waals surface area contributed by atoms with Gasteiger partial charge in [0.2, 0.25) is 0 Å². The van der Waals surface area contributed by atoms with Crippen LogP contribution in [0.3, 0.4) is 0 Å². The first-order chi connectivity index (χ1) is 48.0. The maximum absolute atomic E-state index is 13.3. The molecule has 5 radical (unpaired) electrons. The number of anilines is 1. The van der Waals surface area contributed by atoms with Crippen LogP contribution < -0.4 is 9.64 Å². The summed E-state index contributed by atoms with van der Waals surface area (Å²) in [6, 6.07) is 55.0. The van der Waals surface area contributed by atoms with Crippen LogP contribution in [0.1, 0.15) is 61.0 Å². The Morgan fingerprint density at radius 3 is 1.10 bits per heavy atom. The van der Waals surface area contributed by atoms with Crippen LogP contribution >= 0.6 is 0 Å². The van der Waals surface area contributed by atoms with Gasteiger partial charge in [0.05, 0.1) is 59.3 Å². The molecule has 0 bridgehead atoms. The molecular weight excluding hydrogens is 2250 g/mol. The Morgan fingerprint density at radius 2 is 0.802 bits per heavy atom. The van der Waals surface area contributed by atoms with Gasteiger partial charge < -0.3 is 52.9 Å². The number of carbonyl (C=O) groups excluding carboxylic acids is 4. The SMILES string of the molecule is CC(=O)C=C(C)O.CC(=O)C=C(C)O.CC(=O)C=C(C)O.CC(=O)C=C(C)O.CN(C)c1c[c-]c(-c2nccn2C)cc1.COc1c[c-]c(-c2nccn2C)cc1.Cn1ccnc1-c1[c-]cc(F)cc1F.Cn1ccnc1-c1[c-]cccc1.[Ir].[Ir].[Ir].[Ir].[Ir].[c-]1ccccc1-c1nccn1Cc1ccccc1. The molecule has 11 rings (SSSR count). The predicted molar refractivity (Wildman–Crippen MR) is 391 cm³/mol. The number of aliphatic hydroxyl groups excluding tert-OH is 4. The predicted octanol–water partition coefficient (Wildman–Crippen LogP) is 15.4. The van der Waals surface area contributed by atoms with Gasteiger partial charge in [-0.25, -0.2) is 0 Å². The van der Waals surface area contributed by atoms with Crippen molar-refractivity contribution in [3.63, 3.8) is 0 Å². The van der Waals surface area contributed by atoms with Crippen LogP contribution in [0.2, 0.25) is 0 Å². The summed E-state index contributed by atoms with van der Waals surface area (Å²) in [5, 5.41) is 33.5. The number of imidazole rings is 5. The van der Waals surface area contributed by atoms with Crippen molar-refractivity contribution >= 4 is 28.8 Å². The molecule has 5 heterocycles. The normalized spacial score (nSPS) is 10.1. The number of rotatable bonds is 13. The van der Waals surface area contributed by atoms with Gasteiger partial charge in [-0.15, -0.1) is 144 Å². The van der Waals surface area contributed by atoms with Crippen LogP contribution in [-0.4, -0.2) is 113 Å². The number of aromatic nitrogens is 10. The van der Waals surface area contributed by atoms with Crippen molar-refractivity contribution in [2.45, 2.75) is 61.9 Å². The largest absolute Gasteiger partial charge is 0.540 e. The third-order valence-electron chi connectivity index (χ3n) is 12.6. The van der Waals surface area contributed by atoms with Gasteiger partial charge in [-0.3, -0.25) is 52.9 Å². The van der Waals surface area contributed by atoms with Gasteiger partial charge in [-0.2, -0.15) is 0 Å². The fraction of sp³-hybridized carbons (Fsp3) is 0.203. The maximum atomic E-state index is 13.3. The van der Waals surface area contributed by atoms with Crippen molar-refractivity contribution in [1.82, 2.24) is 47.8 Å². The summed E-state index contributed by atoms with van der Waals surface area (Å²) < 4.78 is 40.6. The van der Waals surface area contributed by atoms with Crippen molar-refractivity contribution in [1.29, 1.82) is 0 Å². The van der Waals surface area contributed by atoms with E-state index in [4.69, 9.17) is 25.2 Å². The van der Waals surface area contributed by atoms with E-state index in [1.54, 1.807) is 49.7 Å². The van der Waals surface area contributed by atoms with Crippen LogP contribution in [0.15, 0.2) is 237 Å². The van der Waals surface area contributed by atoms with Gasteiger partial charge in [-0.05, 0) is 80.7 Å². The molecule has 20 nitrogen and oxygen atoms in total.